The smallest absolute Gasteiger partial charge is 0.366 e. The van der Waals surface area contributed by atoms with Crippen molar-refractivity contribution in [3.05, 3.63) is 113 Å². The van der Waals surface area contributed by atoms with Gasteiger partial charge < -0.3 is 23.7 Å². The molecule has 0 N–H and O–H groups in total. The van der Waals surface area contributed by atoms with Crippen LogP contribution in [-0.4, -0.2) is 48.2 Å². The van der Waals surface area contributed by atoms with Crippen molar-refractivity contribution in [3.63, 3.8) is 0 Å². The van der Waals surface area contributed by atoms with Crippen molar-refractivity contribution in [1.82, 2.24) is 0 Å². The van der Waals surface area contributed by atoms with Crippen molar-refractivity contribution in [1.29, 1.82) is 0 Å². The predicted octanol–water partition coefficient (Wildman–Crippen LogP) is 5.64. The van der Waals surface area contributed by atoms with E-state index in [9.17, 15) is 10.3 Å². The summed E-state index contributed by atoms with van der Waals surface area (Å²) in [5, 5.41) is 4.09. The second kappa shape index (κ2) is 12.7. The van der Waals surface area contributed by atoms with Crippen molar-refractivity contribution >= 4 is 17.7 Å². The van der Waals surface area contributed by atoms with E-state index in [1.54, 1.807) is 0 Å². The van der Waals surface area contributed by atoms with Crippen molar-refractivity contribution in [2.45, 2.75) is 60.6 Å². The summed E-state index contributed by atoms with van der Waals surface area (Å²) in [6, 6.07) is 28.0. The number of thioether (sulfide) groups is 1. The van der Waals surface area contributed by atoms with E-state index in [1.807, 2.05) is 91.0 Å². The van der Waals surface area contributed by atoms with Gasteiger partial charge in [-0.15, -0.1) is 0 Å². The van der Waals surface area contributed by atoms with Gasteiger partial charge in [0.25, 0.3) is 5.79 Å². The number of rotatable bonds is 9. The number of carbonyl (C=O) groups excluding carboxylic acids is 1. The molecule has 2 aliphatic rings. The molecule has 3 aromatic rings. The topological polar surface area (TPSA) is 112 Å². The number of esters is 1. The third kappa shape index (κ3) is 6.62. The van der Waals surface area contributed by atoms with E-state index in [0.717, 1.165) is 16.0 Å². The number of hydrogen-bond acceptors (Lipinski definition) is 8. The molecule has 2 saturated heterocycles. The lowest BCUT2D eigenvalue weighted by atomic mass is 9.96. The molecule has 2 aliphatic heterocycles. The Kier molecular flexibility index (Phi) is 8.83. The van der Waals surface area contributed by atoms with Crippen LogP contribution in [-0.2, 0) is 41.7 Å². The Hall–Kier alpha value is -3.37. The molecule has 2 fully saturated rings. The van der Waals surface area contributed by atoms with Gasteiger partial charge in [-0.3, -0.25) is 0 Å². The van der Waals surface area contributed by atoms with E-state index in [2.05, 4.69) is 10.0 Å². The van der Waals surface area contributed by atoms with Gasteiger partial charge in [0.15, 0.2) is 0 Å². The highest BCUT2D eigenvalue weighted by atomic mass is 32.2. The molecular formula is C29H29N3O6S. The van der Waals surface area contributed by atoms with Crippen LogP contribution >= 0.6 is 11.8 Å². The molecule has 3 aromatic carbocycles. The number of carbonyl (C=O) groups is 1. The van der Waals surface area contributed by atoms with E-state index < -0.39 is 41.5 Å². The monoisotopic (exact) mass is 547 g/mol. The molecule has 0 aliphatic carbocycles. The lowest BCUT2D eigenvalue weighted by Gasteiger charge is -2.50. The zero-order valence-electron chi connectivity index (χ0n) is 21.4. The van der Waals surface area contributed by atoms with Crippen LogP contribution in [0, 0.1) is 0 Å². The van der Waals surface area contributed by atoms with Crippen LogP contribution in [0.15, 0.2) is 101 Å². The maximum absolute atomic E-state index is 13.1. The van der Waals surface area contributed by atoms with E-state index in [4.69, 9.17) is 23.7 Å². The van der Waals surface area contributed by atoms with Crippen molar-refractivity contribution in [2.75, 3.05) is 6.61 Å². The first-order chi connectivity index (χ1) is 19.1. The van der Waals surface area contributed by atoms with Crippen LogP contribution in [0.25, 0.3) is 10.4 Å². The number of benzene rings is 3. The number of fused-ring (bicyclic) bond motifs is 1. The summed E-state index contributed by atoms with van der Waals surface area (Å²) in [5.74, 6) is -2.35. The summed E-state index contributed by atoms with van der Waals surface area (Å²) in [6.45, 7) is 1.94. The molecule has 2 heterocycles. The summed E-state index contributed by atoms with van der Waals surface area (Å²) >= 11 is 1.44. The molecule has 0 amide bonds. The average Bonchev–Trinajstić information content (AvgIpc) is 2.97. The zero-order valence-corrected chi connectivity index (χ0v) is 22.2. The van der Waals surface area contributed by atoms with Crippen molar-refractivity contribution < 1.29 is 28.5 Å². The molecule has 0 aromatic heterocycles. The predicted molar refractivity (Wildman–Crippen MR) is 144 cm³/mol. The van der Waals surface area contributed by atoms with Gasteiger partial charge in [0.05, 0.1) is 19.3 Å². The van der Waals surface area contributed by atoms with E-state index in [-0.39, 0.29) is 19.8 Å². The van der Waals surface area contributed by atoms with Gasteiger partial charge in [0.2, 0.25) is 0 Å². The first-order valence-corrected chi connectivity index (χ1v) is 13.5. The van der Waals surface area contributed by atoms with E-state index >= 15 is 0 Å². The minimum atomic E-state index is -1.69. The number of ether oxygens (including phenoxy) is 5. The minimum absolute atomic E-state index is 0.0711. The van der Waals surface area contributed by atoms with Crippen LogP contribution in [0.3, 0.4) is 0 Å². The SMILES string of the molecule is C[C@]1(C(=O)OCc2ccccc2)OC[C@H]2O[C@@H](Sc3ccccc3)[C@@H](N=[N+]=[N-])[C@@H](OCc3ccccc3)[C@@H]2O1. The summed E-state index contributed by atoms with van der Waals surface area (Å²) in [6.07, 6.45) is -2.03. The lowest BCUT2D eigenvalue weighted by molar-refractivity contribution is -0.343. The first-order valence-electron chi connectivity index (χ1n) is 12.7. The quantitative estimate of drug-likeness (QED) is 0.147. The lowest BCUT2D eigenvalue weighted by Crippen LogP contribution is -2.65. The maximum atomic E-state index is 13.1. The summed E-state index contributed by atoms with van der Waals surface area (Å²) in [7, 11) is 0. The van der Waals surface area contributed by atoms with Crippen molar-refractivity contribution in [2.24, 2.45) is 5.11 Å². The molecule has 39 heavy (non-hydrogen) atoms. The molecule has 0 spiro atoms. The van der Waals surface area contributed by atoms with Gasteiger partial charge in [0, 0.05) is 16.7 Å². The fraction of sp³-hybridized carbons (Fsp3) is 0.345. The fourth-order valence-electron chi connectivity index (χ4n) is 4.53. The van der Waals surface area contributed by atoms with Crippen LogP contribution in [0.1, 0.15) is 18.1 Å². The molecule has 0 radical (unpaired) electrons. The Bertz CT molecular complexity index is 1280. The third-order valence-electron chi connectivity index (χ3n) is 6.55. The minimum Gasteiger partial charge on any atom is -0.457 e. The van der Waals surface area contributed by atoms with Crippen LogP contribution in [0.5, 0.6) is 0 Å². The van der Waals surface area contributed by atoms with Crippen LogP contribution in [0.2, 0.25) is 0 Å². The highest BCUT2D eigenvalue weighted by Gasteiger charge is 2.55. The van der Waals surface area contributed by atoms with Gasteiger partial charge in [-0.1, -0.05) is 95.7 Å². The number of hydrogen-bond donors (Lipinski definition) is 0. The Morgan fingerprint density at radius 1 is 1.00 bits per heavy atom. The number of azide groups is 1. The second-order valence-corrected chi connectivity index (χ2v) is 10.5. The van der Waals surface area contributed by atoms with Crippen molar-refractivity contribution in [3.8, 4) is 0 Å². The highest BCUT2D eigenvalue weighted by molar-refractivity contribution is 7.99. The molecule has 0 saturated carbocycles. The summed E-state index contributed by atoms with van der Waals surface area (Å²) in [5.41, 5.74) is 10.7. The fourth-order valence-corrected chi connectivity index (χ4v) is 5.66. The molecule has 0 bridgehead atoms. The highest BCUT2D eigenvalue weighted by Crippen LogP contribution is 2.41. The normalized spacial score (nSPS) is 28.1. The zero-order chi connectivity index (χ0) is 27.1. The Morgan fingerprint density at radius 2 is 1.62 bits per heavy atom. The summed E-state index contributed by atoms with van der Waals surface area (Å²) in [4.78, 5) is 17.2. The Labute approximate surface area is 231 Å². The molecule has 6 atom stereocenters. The van der Waals surface area contributed by atoms with Gasteiger partial charge in [-0.2, -0.15) is 0 Å². The van der Waals surface area contributed by atoms with Gasteiger partial charge in [-0.25, -0.2) is 4.79 Å². The molecule has 0 unspecified atom stereocenters. The van der Waals surface area contributed by atoms with Gasteiger partial charge in [-0.05, 0) is 28.8 Å². The van der Waals surface area contributed by atoms with E-state index in [0.29, 0.717) is 0 Å². The molecule has 10 heteroatoms. The van der Waals surface area contributed by atoms with Gasteiger partial charge >= 0.3 is 5.97 Å². The molecular weight excluding hydrogens is 518 g/mol. The number of nitrogens with zero attached hydrogens (tertiary/aromatic N) is 3. The Balaban J connectivity index is 1.38. The molecule has 202 valence electrons. The Morgan fingerprint density at radius 3 is 2.26 bits per heavy atom. The standard InChI is InChI=1S/C29H29N3O6S/c1-29(28(33)35-18-21-13-7-3-8-14-21)36-19-23-25(38-29)26(34-17-20-11-5-2-6-12-20)24(31-32-30)27(37-23)39-22-15-9-4-10-16-22/h2-16,23-27H,17-19H2,1H3/t23-,24+,25-,26-,27+,29+/m1/s1. The van der Waals surface area contributed by atoms with E-state index in [1.165, 1.54) is 18.7 Å². The first kappa shape index (κ1) is 27.2. The largest absolute Gasteiger partial charge is 0.457 e. The third-order valence-corrected chi connectivity index (χ3v) is 7.71. The average molecular weight is 548 g/mol. The molecule has 5 rings (SSSR count). The maximum Gasteiger partial charge on any atom is 0.366 e. The van der Waals surface area contributed by atoms with Gasteiger partial charge in [0.1, 0.15) is 30.3 Å². The summed E-state index contributed by atoms with van der Waals surface area (Å²) < 4.78 is 30.4. The van der Waals surface area contributed by atoms with Crippen LogP contribution in [0.4, 0.5) is 0 Å². The second-order valence-electron chi connectivity index (χ2n) is 9.33. The van der Waals surface area contributed by atoms with Crippen LogP contribution < -0.4 is 0 Å². The molecule has 9 nitrogen and oxygen atoms in total.